The van der Waals surface area contributed by atoms with Crippen molar-refractivity contribution in [1.82, 2.24) is 0 Å². The molecule has 0 saturated heterocycles. The minimum absolute atomic E-state index is 0. The third-order valence-electron chi connectivity index (χ3n) is 0. The van der Waals surface area contributed by atoms with Crippen LogP contribution in [-0.4, -0.2) is 22.4 Å². The fraction of sp³-hybridized carbons (Fsp3) is 1.00. The Balaban J connectivity index is -0.0000000450. The van der Waals surface area contributed by atoms with Crippen molar-refractivity contribution in [2.45, 2.75) is 7.43 Å². The molecule has 0 atom stereocenters. The van der Waals surface area contributed by atoms with E-state index in [1.165, 1.54) is 0 Å². The second kappa shape index (κ2) is 9.07. The van der Waals surface area contributed by atoms with Gasteiger partial charge in [0.15, 0.2) is 0 Å². The molecule has 0 bridgehead atoms. The van der Waals surface area contributed by atoms with Crippen LogP contribution in [0.25, 0.3) is 0 Å². The van der Waals surface area contributed by atoms with E-state index in [9.17, 15) is 0 Å². The fourth-order valence-electron chi connectivity index (χ4n) is 0. The van der Waals surface area contributed by atoms with Crippen LogP contribution in [0.4, 0.5) is 0 Å². The Bertz CT molecular complexity index is 15.5. The molecule has 0 saturated carbocycles. The van der Waals surface area contributed by atoms with E-state index in [0.29, 0.717) is 0 Å². The van der Waals surface area contributed by atoms with E-state index in [-0.39, 0.29) is 24.5 Å². The molecule has 0 unspecified atom stereocenters. The van der Waals surface area contributed by atoms with E-state index in [1.807, 2.05) is 0 Å². The van der Waals surface area contributed by atoms with E-state index < -0.39 is 7.32 Å². The van der Waals surface area contributed by atoms with Gasteiger partial charge in [-0.3, -0.25) is 0 Å². The minimum Gasteiger partial charge on any atom is -0.402 e. The topological polar surface area (TPSA) is 60.7 Å². The predicted octanol–water partition coefficient (Wildman–Crippen LogP) is -1.42. The Labute approximate surface area is 47.7 Å². The van der Waals surface area contributed by atoms with Gasteiger partial charge in [0.1, 0.15) is 0 Å². The summed E-state index contributed by atoms with van der Waals surface area (Å²) < 4.78 is 0. The van der Waals surface area contributed by atoms with Gasteiger partial charge in [0.05, 0.1) is 0 Å². The normalized spacial score (nSPS) is 4.50. The minimum atomic E-state index is -2.17. The van der Waals surface area contributed by atoms with Crippen molar-refractivity contribution in [2.24, 2.45) is 0 Å². The fourth-order valence-corrected chi connectivity index (χ4v) is 0. The van der Waals surface area contributed by atoms with Crippen molar-refractivity contribution in [2.75, 3.05) is 0 Å². The predicted molar refractivity (Wildman–Crippen MR) is 19.1 cm³/mol. The maximum Gasteiger partial charge on any atom is 0.631 e. The summed E-state index contributed by atoms with van der Waals surface area (Å²) in [6.07, 6.45) is 0. The van der Waals surface area contributed by atoms with E-state index >= 15 is 0 Å². The van der Waals surface area contributed by atoms with Crippen LogP contribution >= 0.6 is 0 Å². The molecular formula is CH7BCuO3. The van der Waals surface area contributed by atoms with Crippen LogP contribution in [0.3, 0.4) is 0 Å². The Kier molecular flexibility index (Phi) is 24.3. The van der Waals surface area contributed by atoms with Gasteiger partial charge in [-0.2, -0.15) is 0 Å². The molecule has 0 rings (SSSR count). The summed E-state index contributed by atoms with van der Waals surface area (Å²) in [6.45, 7) is 0. The Hall–Kier alpha value is 0.464. The third-order valence-corrected chi connectivity index (χ3v) is 0. The first-order valence-electron chi connectivity index (χ1n) is 0.775. The van der Waals surface area contributed by atoms with Gasteiger partial charge in [-0.25, -0.2) is 0 Å². The van der Waals surface area contributed by atoms with Gasteiger partial charge in [0.2, 0.25) is 0 Å². The summed E-state index contributed by atoms with van der Waals surface area (Å²) >= 11 is 0. The Morgan fingerprint density at radius 1 is 1.00 bits per heavy atom. The molecule has 3 nitrogen and oxygen atoms in total. The quantitative estimate of drug-likeness (QED) is 0.363. The molecule has 5 heteroatoms. The molecular weight excluding hydrogens is 134 g/mol. The average molecular weight is 141 g/mol. The van der Waals surface area contributed by atoms with Gasteiger partial charge in [-0.1, -0.05) is 7.43 Å². The summed E-state index contributed by atoms with van der Waals surface area (Å²) in [4.78, 5) is 0. The molecule has 0 aromatic carbocycles. The number of hydrogen-bond donors (Lipinski definition) is 3. The molecule has 0 aliphatic heterocycles. The summed E-state index contributed by atoms with van der Waals surface area (Å²) in [5.74, 6) is 0. The van der Waals surface area contributed by atoms with Crippen LogP contribution in [0.2, 0.25) is 0 Å². The van der Waals surface area contributed by atoms with E-state index in [1.54, 1.807) is 0 Å². The molecule has 1 radical (unpaired) electrons. The molecule has 6 heavy (non-hydrogen) atoms. The Morgan fingerprint density at radius 2 is 1.00 bits per heavy atom. The van der Waals surface area contributed by atoms with Gasteiger partial charge in [-0.05, 0) is 0 Å². The van der Waals surface area contributed by atoms with Crippen LogP contribution in [0.5, 0.6) is 0 Å². The largest absolute Gasteiger partial charge is 0.631 e. The van der Waals surface area contributed by atoms with Crippen molar-refractivity contribution in [3.63, 3.8) is 0 Å². The SMILES string of the molecule is C.OB(O)O.[Cu]. The standard InChI is InChI=1S/CH4.BH3O3.Cu/c;2-1(3)4;/h1H4;2-4H;. The van der Waals surface area contributed by atoms with Gasteiger partial charge in [0, 0.05) is 17.1 Å². The van der Waals surface area contributed by atoms with E-state index in [2.05, 4.69) is 0 Å². The summed E-state index contributed by atoms with van der Waals surface area (Å²) in [7, 11) is -2.17. The van der Waals surface area contributed by atoms with Crippen molar-refractivity contribution < 1.29 is 32.1 Å². The first-order valence-corrected chi connectivity index (χ1v) is 0.775. The smallest absolute Gasteiger partial charge is 0.402 e. The molecule has 3 N–H and O–H groups in total. The molecule has 0 aromatic heterocycles. The van der Waals surface area contributed by atoms with Crippen LogP contribution in [0.15, 0.2) is 0 Å². The van der Waals surface area contributed by atoms with Crippen LogP contribution in [0, 0.1) is 0 Å². The molecule has 0 aliphatic carbocycles. The first-order chi connectivity index (χ1) is 1.73. The van der Waals surface area contributed by atoms with Gasteiger partial charge in [-0.15, -0.1) is 0 Å². The summed E-state index contributed by atoms with van der Waals surface area (Å²) in [6, 6.07) is 0. The summed E-state index contributed by atoms with van der Waals surface area (Å²) in [5, 5.41) is 21.5. The van der Waals surface area contributed by atoms with Crippen LogP contribution in [0.1, 0.15) is 7.43 Å². The zero-order valence-electron chi connectivity index (χ0n) is 2.22. The van der Waals surface area contributed by atoms with Crippen molar-refractivity contribution >= 4 is 7.32 Å². The van der Waals surface area contributed by atoms with E-state index in [4.69, 9.17) is 15.1 Å². The molecule has 43 valence electrons. The zero-order valence-corrected chi connectivity index (χ0v) is 3.16. The molecule has 0 heterocycles. The Morgan fingerprint density at radius 3 is 1.00 bits per heavy atom. The van der Waals surface area contributed by atoms with Crippen molar-refractivity contribution in [1.29, 1.82) is 0 Å². The van der Waals surface area contributed by atoms with Crippen LogP contribution in [-0.2, 0) is 17.1 Å². The third kappa shape index (κ3) is 248. The maximum atomic E-state index is 7.17. The second-order valence-electron chi connectivity index (χ2n) is 0.346. The molecule has 0 aliphatic rings. The van der Waals surface area contributed by atoms with Gasteiger partial charge >= 0.3 is 7.32 Å². The van der Waals surface area contributed by atoms with Gasteiger partial charge < -0.3 is 15.1 Å². The first kappa shape index (κ1) is 16.1. The molecule has 0 fully saturated rings. The van der Waals surface area contributed by atoms with Crippen molar-refractivity contribution in [3.05, 3.63) is 0 Å². The zero-order chi connectivity index (χ0) is 3.58. The van der Waals surface area contributed by atoms with Crippen molar-refractivity contribution in [3.8, 4) is 0 Å². The van der Waals surface area contributed by atoms with Crippen LogP contribution < -0.4 is 0 Å². The number of rotatable bonds is 0. The van der Waals surface area contributed by atoms with E-state index in [0.717, 1.165) is 0 Å². The average Bonchev–Trinajstić information content (AvgIpc) is 0.811. The molecule has 0 amide bonds. The van der Waals surface area contributed by atoms with Gasteiger partial charge in [0.25, 0.3) is 0 Å². The summed E-state index contributed by atoms with van der Waals surface area (Å²) in [5.41, 5.74) is 0. The molecule has 0 spiro atoms. The number of hydrogen-bond acceptors (Lipinski definition) is 3. The maximum absolute atomic E-state index is 7.17. The second-order valence-corrected chi connectivity index (χ2v) is 0.346. The molecule has 0 aromatic rings. The monoisotopic (exact) mass is 141 g/mol.